The number of benzene rings is 2. The summed E-state index contributed by atoms with van der Waals surface area (Å²) in [7, 11) is 1.65. The number of nitrogens with two attached hydrogens (primary N) is 1. The van der Waals surface area contributed by atoms with Gasteiger partial charge in [-0.1, -0.05) is 30.3 Å². The molecular weight excluding hydrogens is 356 g/mol. The molecule has 2 N–H and O–H groups in total. The molecule has 4 rings (SSSR count). The van der Waals surface area contributed by atoms with Crippen molar-refractivity contribution in [1.82, 2.24) is 4.90 Å². The number of aliphatic imine (C=N–C) groups is 1. The van der Waals surface area contributed by atoms with Crippen molar-refractivity contribution in [2.75, 3.05) is 7.05 Å². The molecular formula is C21H18N4OS. The van der Waals surface area contributed by atoms with Gasteiger partial charge in [-0.2, -0.15) is 5.26 Å². The maximum Gasteiger partial charge on any atom is 0.231 e. The summed E-state index contributed by atoms with van der Waals surface area (Å²) in [6.07, 6.45) is 0.295. The topological polar surface area (TPSA) is 82.5 Å². The van der Waals surface area contributed by atoms with E-state index in [9.17, 15) is 4.79 Å². The highest BCUT2D eigenvalue weighted by molar-refractivity contribution is 7.19. The highest BCUT2D eigenvalue weighted by atomic mass is 32.1. The van der Waals surface area contributed by atoms with E-state index in [1.54, 1.807) is 18.4 Å². The minimum absolute atomic E-state index is 0.0326. The molecule has 2 aromatic carbocycles. The number of thiophene rings is 1. The van der Waals surface area contributed by atoms with E-state index in [4.69, 9.17) is 11.0 Å². The van der Waals surface area contributed by atoms with Crippen LogP contribution in [-0.4, -0.2) is 23.8 Å². The maximum absolute atomic E-state index is 12.3. The van der Waals surface area contributed by atoms with E-state index < -0.39 is 5.54 Å². The van der Waals surface area contributed by atoms with Crippen molar-refractivity contribution >= 4 is 33.3 Å². The zero-order chi connectivity index (χ0) is 19.2. The smallest absolute Gasteiger partial charge is 0.231 e. The highest BCUT2D eigenvalue weighted by Gasteiger charge is 2.37. The molecule has 134 valence electrons. The first-order chi connectivity index (χ1) is 12.9. The summed E-state index contributed by atoms with van der Waals surface area (Å²) in [6, 6.07) is 18.0. The average molecular weight is 374 g/mol. The lowest BCUT2D eigenvalue weighted by Gasteiger charge is -2.32. The Morgan fingerprint density at radius 1 is 1.26 bits per heavy atom. The van der Waals surface area contributed by atoms with Gasteiger partial charge in [0, 0.05) is 16.6 Å². The number of carbonyl (C=O) groups is 1. The molecule has 5 nitrogen and oxygen atoms in total. The van der Waals surface area contributed by atoms with Crippen LogP contribution in [0.15, 0.2) is 53.5 Å². The molecule has 0 fully saturated rings. The highest BCUT2D eigenvalue weighted by Crippen LogP contribution is 2.42. The van der Waals surface area contributed by atoms with Crippen LogP contribution in [0.5, 0.6) is 0 Å². The summed E-state index contributed by atoms with van der Waals surface area (Å²) in [5, 5.41) is 10.1. The number of rotatable bonds is 2. The van der Waals surface area contributed by atoms with E-state index in [0.717, 1.165) is 26.1 Å². The van der Waals surface area contributed by atoms with Gasteiger partial charge in [-0.15, -0.1) is 11.3 Å². The van der Waals surface area contributed by atoms with E-state index >= 15 is 0 Å². The molecule has 0 aliphatic carbocycles. The van der Waals surface area contributed by atoms with Crippen LogP contribution in [-0.2, 0) is 10.3 Å². The molecule has 0 radical (unpaired) electrons. The largest absolute Gasteiger partial charge is 0.369 e. The first-order valence-electron chi connectivity index (χ1n) is 8.57. The molecule has 0 bridgehead atoms. The number of carbonyl (C=O) groups excluding carboxylic acids is 1. The Morgan fingerprint density at radius 2 is 2.00 bits per heavy atom. The van der Waals surface area contributed by atoms with Gasteiger partial charge in [0.2, 0.25) is 5.91 Å². The summed E-state index contributed by atoms with van der Waals surface area (Å²) in [4.78, 5) is 19.3. The zero-order valence-corrected chi connectivity index (χ0v) is 15.9. The van der Waals surface area contributed by atoms with Crippen LogP contribution in [0.4, 0.5) is 0 Å². The number of nitrogens with zero attached hydrogens (tertiary/aromatic N) is 3. The van der Waals surface area contributed by atoms with Crippen molar-refractivity contribution in [3.8, 4) is 17.2 Å². The lowest BCUT2D eigenvalue weighted by molar-refractivity contribution is -0.128. The number of guanidine groups is 1. The summed E-state index contributed by atoms with van der Waals surface area (Å²) in [5.74, 6) is 0.216. The second kappa shape index (κ2) is 6.22. The van der Waals surface area contributed by atoms with Crippen LogP contribution in [0, 0.1) is 11.3 Å². The Labute approximate surface area is 161 Å². The van der Waals surface area contributed by atoms with Crippen LogP contribution in [0.25, 0.3) is 21.2 Å². The van der Waals surface area contributed by atoms with Gasteiger partial charge in [0.05, 0.1) is 18.1 Å². The lowest BCUT2D eigenvalue weighted by atomic mass is 9.93. The molecule has 6 heteroatoms. The third-order valence-corrected chi connectivity index (χ3v) is 6.41. The van der Waals surface area contributed by atoms with Crippen LogP contribution in [0.3, 0.4) is 0 Å². The molecule has 3 aromatic rings. The number of amides is 1. The fourth-order valence-electron chi connectivity index (χ4n) is 3.33. The van der Waals surface area contributed by atoms with Crippen LogP contribution in [0.1, 0.15) is 23.8 Å². The second-order valence-corrected chi connectivity index (χ2v) is 7.95. The molecule has 0 spiro atoms. The molecule has 1 aliphatic rings. The summed E-state index contributed by atoms with van der Waals surface area (Å²) in [5.41, 5.74) is 8.10. The fourth-order valence-corrected chi connectivity index (χ4v) is 4.61. The van der Waals surface area contributed by atoms with Crippen molar-refractivity contribution < 1.29 is 4.79 Å². The van der Waals surface area contributed by atoms with E-state index in [1.165, 1.54) is 4.90 Å². The Bertz CT molecular complexity index is 1120. The number of nitriles is 1. The summed E-state index contributed by atoms with van der Waals surface area (Å²) >= 11 is 1.64. The van der Waals surface area contributed by atoms with Crippen molar-refractivity contribution in [1.29, 1.82) is 5.26 Å². The predicted octanol–water partition coefficient (Wildman–Crippen LogP) is 3.83. The maximum atomic E-state index is 12.3. The van der Waals surface area contributed by atoms with Gasteiger partial charge < -0.3 is 5.73 Å². The standard InChI is InChI=1S/C21H18N4OS/c1-21(11-18(26)25(2)20(23)24-21)17-10-15-4-3-5-16(19(15)27-17)14-8-6-13(12-22)7-9-14/h3-10H,11H2,1-2H3,(H2,23,24)/t21-/m0/s1. The van der Waals surface area contributed by atoms with Crippen molar-refractivity contribution in [3.63, 3.8) is 0 Å². The molecule has 1 atom stereocenters. The van der Waals surface area contributed by atoms with E-state index in [0.29, 0.717) is 12.0 Å². The third-order valence-electron chi connectivity index (χ3n) is 4.97. The van der Waals surface area contributed by atoms with Crippen molar-refractivity contribution in [2.45, 2.75) is 18.9 Å². The van der Waals surface area contributed by atoms with E-state index in [-0.39, 0.29) is 11.9 Å². The van der Waals surface area contributed by atoms with Crippen LogP contribution < -0.4 is 5.73 Å². The van der Waals surface area contributed by atoms with Crippen LogP contribution >= 0.6 is 11.3 Å². The van der Waals surface area contributed by atoms with Gasteiger partial charge in [0.15, 0.2) is 5.96 Å². The van der Waals surface area contributed by atoms with Gasteiger partial charge in [-0.05, 0) is 41.6 Å². The molecule has 0 saturated heterocycles. The van der Waals surface area contributed by atoms with Gasteiger partial charge in [0.1, 0.15) is 5.54 Å². The summed E-state index contributed by atoms with van der Waals surface area (Å²) < 4.78 is 1.14. The molecule has 0 unspecified atom stereocenters. The second-order valence-electron chi connectivity index (χ2n) is 6.90. The Kier molecular flexibility index (Phi) is 3.97. The molecule has 1 aliphatic heterocycles. The molecule has 27 heavy (non-hydrogen) atoms. The van der Waals surface area contributed by atoms with Gasteiger partial charge in [-0.25, -0.2) is 4.99 Å². The quantitative estimate of drug-likeness (QED) is 0.740. The predicted molar refractivity (Wildman–Crippen MR) is 108 cm³/mol. The molecule has 1 aromatic heterocycles. The first kappa shape index (κ1) is 17.3. The van der Waals surface area contributed by atoms with E-state index in [2.05, 4.69) is 29.3 Å². The van der Waals surface area contributed by atoms with Gasteiger partial charge in [-0.3, -0.25) is 9.69 Å². The Hall–Kier alpha value is -3.17. The molecule has 1 amide bonds. The monoisotopic (exact) mass is 374 g/mol. The van der Waals surface area contributed by atoms with E-state index in [1.807, 2.05) is 37.3 Å². The average Bonchev–Trinajstić information content (AvgIpc) is 3.11. The Balaban J connectivity index is 1.84. The minimum atomic E-state index is -0.653. The minimum Gasteiger partial charge on any atom is -0.369 e. The third kappa shape index (κ3) is 2.86. The fraction of sp³-hybridized carbons (Fsp3) is 0.190. The zero-order valence-electron chi connectivity index (χ0n) is 15.1. The Morgan fingerprint density at radius 3 is 2.67 bits per heavy atom. The lowest BCUT2D eigenvalue weighted by Crippen LogP contribution is -2.47. The van der Waals surface area contributed by atoms with Crippen molar-refractivity contribution in [2.24, 2.45) is 10.7 Å². The normalized spacial score (nSPS) is 19.8. The number of fused-ring (bicyclic) bond motifs is 1. The van der Waals surface area contributed by atoms with Gasteiger partial charge >= 0.3 is 0 Å². The first-order valence-corrected chi connectivity index (χ1v) is 9.38. The molecule has 2 heterocycles. The SMILES string of the molecule is CN1C(=O)C[C@@](C)(c2cc3cccc(-c4ccc(C#N)cc4)c3s2)N=C1N. The number of hydrogen-bond donors (Lipinski definition) is 1. The van der Waals surface area contributed by atoms with Crippen molar-refractivity contribution in [3.05, 3.63) is 59.0 Å². The summed E-state index contributed by atoms with van der Waals surface area (Å²) in [6.45, 7) is 1.96. The molecule has 0 saturated carbocycles. The van der Waals surface area contributed by atoms with Crippen LogP contribution in [0.2, 0.25) is 0 Å². The number of hydrogen-bond acceptors (Lipinski definition) is 5. The van der Waals surface area contributed by atoms with Gasteiger partial charge in [0.25, 0.3) is 0 Å².